The van der Waals surface area contributed by atoms with E-state index in [2.05, 4.69) is 15.5 Å². The SMILES string of the molecule is O=c1[nH]ncc(NCC(O)COc2cccc(C(F)(F)F)c2)c1Cl. The number of nitrogens with zero attached hydrogens (tertiary/aromatic N) is 1. The second-order valence-corrected chi connectivity index (χ2v) is 5.18. The first-order chi connectivity index (χ1) is 11.3. The molecular weight excluding hydrogens is 351 g/mol. The second kappa shape index (κ2) is 7.54. The molecule has 0 saturated carbocycles. The molecule has 0 aliphatic rings. The fourth-order valence-corrected chi connectivity index (χ4v) is 1.91. The quantitative estimate of drug-likeness (QED) is 0.733. The molecule has 0 radical (unpaired) electrons. The number of rotatable bonds is 6. The van der Waals surface area contributed by atoms with Crippen molar-refractivity contribution < 1.29 is 23.0 Å². The Morgan fingerprint density at radius 3 is 2.88 bits per heavy atom. The van der Waals surface area contributed by atoms with Crippen molar-refractivity contribution in [1.29, 1.82) is 0 Å². The third-order valence-corrected chi connectivity index (χ3v) is 3.30. The third-order valence-electron chi connectivity index (χ3n) is 2.93. The van der Waals surface area contributed by atoms with Gasteiger partial charge >= 0.3 is 6.18 Å². The maximum absolute atomic E-state index is 12.6. The van der Waals surface area contributed by atoms with E-state index in [9.17, 15) is 23.1 Å². The van der Waals surface area contributed by atoms with Crippen molar-refractivity contribution in [1.82, 2.24) is 10.2 Å². The summed E-state index contributed by atoms with van der Waals surface area (Å²) < 4.78 is 42.9. The number of hydrogen-bond donors (Lipinski definition) is 3. The summed E-state index contributed by atoms with van der Waals surface area (Å²) in [5.41, 5.74) is -1.20. The van der Waals surface area contributed by atoms with E-state index in [0.717, 1.165) is 12.1 Å². The summed E-state index contributed by atoms with van der Waals surface area (Å²) in [5, 5.41) is 18.1. The number of aromatic amines is 1. The topological polar surface area (TPSA) is 87.2 Å². The van der Waals surface area contributed by atoms with Gasteiger partial charge in [-0.1, -0.05) is 17.7 Å². The number of hydrogen-bond acceptors (Lipinski definition) is 5. The van der Waals surface area contributed by atoms with Gasteiger partial charge in [-0.15, -0.1) is 0 Å². The van der Waals surface area contributed by atoms with Crippen molar-refractivity contribution >= 4 is 17.3 Å². The minimum atomic E-state index is -4.47. The summed E-state index contributed by atoms with van der Waals surface area (Å²) in [6.45, 7) is -0.285. The van der Waals surface area contributed by atoms with Gasteiger partial charge in [0.1, 0.15) is 23.5 Å². The van der Waals surface area contributed by atoms with Crippen LogP contribution in [0, 0.1) is 0 Å². The average Bonchev–Trinajstić information content (AvgIpc) is 2.54. The normalized spacial score (nSPS) is 12.7. The van der Waals surface area contributed by atoms with Gasteiger partial charge in [-0.25, -0.2) is 5.10 Å². The van der Waals surface area contributed by atoms with E-state index < -0.39 is 23.4 Å². The van der Waals surface area contributed by atoms with Crippen LogP contribution in [0.4, 0.5) is 18.9 Å². The summed E-state index contributed by atoms with van der Waals surface area (Å²) >= 11 is 5.74. The maximum Gasteiger partial charge on any atom is 0.416 e. The standard InChI is InChI=1S/C14H13ClF3N3O3/c15-12-11(6-20-21-13(12)23)19-5-9(22)7-24-10-3-1-2-8(4-10)14(16,17)18/h1-4,6,9,22H,5,7H2,(H2,19,21,23). The first-order valence-electron chi connectivity index (χ1n) is 6.72. The first kappa shape index (κ1) is 18.1. The third kappa shape index (κ3) is 4.87. The summed E-state index contributed by atoms with van der Waals surface area (Å²) in [6.07, 6.45) is -4.25. The van der Waals surface area contributed by atoms with Crippen molar-refractivity contribution in [3.63, 3.8) is 0 Å². The largest absolute Gasteiger partial charge is 0.491 e. The Labute approximate surface area is 139 Å². The summed E-state index contributed by atoms with van der Waals surface area (Å²) in [7, 11) is 0. The molecule has 1 heterocycles. The molecule has 1 atom stereocenters. The van der Waals surface area contributed by atoms with Crippen molar-refractivity contribution in [2.45, 2.75) is 12.3 Å². The van der Waals surface area contributed by atoms with Crippen LogP contribution < -0.4 is 15.6 Å². The van der Waals surface area contributed by atoms with E-state index in [1.54, 1.807) is 0 Å². The zero-order valence-electron chi connectivity index (χ0n) is 12.1. The number of aromatic nitrogens is 2. The molecule has 1 unspecified atom stereocenters. The number of alkyl halides is 3. The molecule has 130 valence electrons. The van der Waals surface area contributed by atoms with E-state index in [1.807, 2.05) is 0 Å². The van der Waals surface area contributed by atoms with Crippen molar-refractivity contribution in [3.8, 4) is 5.75 Å². The molecule has 0 aliphatic heterocycles. The lowest BCUT2D eigenvalue weighted by Crippen LogP contribution is -2.27. The van der Waals surface area contributed by atoms with Gasteiger partial charge in [-0.3, -0.25) is 4.79 Å². The van der Waals surface area contributed by atoms with Gasteiger partial charge in [0.15, 0.2) is 0 Å². The number of halogens is 4. The van der Waals surface area contributed by atoms with Crippen LogP contribution in [0.25, 0.3) is 0 Å². The molecule has 10 heteroatoms. The van der Waals surface area contributed by atoms with Crippen molar-refractivity contribution in [2.24, 2.45) is 0 Å². The van der Waals surface area contributed by atoms with Crippen molar-refractivity contribution in [2.75, 3.05) is 18.5 Å². The summed E-state index contributed by atoms with van der Waals surface area (Å²) in [5.74, 6) is -0.0141. The summed E-state index contributed by atoms with van der Waals surface area (Å²) in [4.78, 5) is 11.2. The highest BCUT2D eigenvalue weighted by Gasteiger charge is 2.30. The molecule has 0 spiro atoms. The number of benzene rings is 1. The van der Waals surface area contributed by atoms with Gasteiger partial charge in [0.2, 0.25) is 0 Å². The van der Waals surface area contributed by atoms with Crippen LogP contribution in [-0.4, -0.2) is 34.6 Å². The number of aliphatic hydroxyl groups excluding tert-OH is 1. The molecule has 1 aromatic heterocycles. The van der Waals surface area contributed by atoms with E-state index in [0.29, 0.717) is 0 Å². The van der Waals surface area contributed by atoms with Crippen LogP contribution in [0.3, 0.4) is 0 Å². The molecule has 24 heavy (non-hydrogen) atoms. The monoisotopic (exact) mass is 363 g/mol. The highest BCUT2D eigenvalue weighted by molar-refractivity contribution is 6.32. The Kier molecular flexibility index (Phi) is 5.68. The highest BCUT2D eigenvalue weighted by Crippen LogP contribution is 2.31. The second-order valence-electron chi connectivity index (χ2n) is 4.80. The van der Waals surface area contributed by atoms with E-state index in [-0.39, 0.29) is 29.6 Å². The lowest BCUT2D eigenvalue weighted by molar-refractivity contribution is -0.137. The molecule has 6 nitrogen and oxygen atoms in total. The molecule has 0 amide bonds. The molecule has 0 fully saturated rings. The predicted molar refractivity (Wildman–Crippen MR) is 81.3 cm³/mol. The number of H-pyrrole nitrogens is 1. The smallest absolute Gasteiger partial charge is 0.416 e. The Morgan fingerprint density at radius 1 is 1.42 bits per heavy atom. The van der Waals surface area contributed by atoms with Gasteiger partial charge in [-0.05, 0) is 18.2 Å². The van der Waals surface area contributed by atoms with Crippen LogP contribution in [0.2, 0.25) is 5.02 Å². The van der Waals surface area contributed by atoms with Crippen LogP contribution in [0.15, 0.2) is 35.3 Å². The first-order valence-corrected chi connectivity index (χ1v) is 7.10. The molecule has 3 N–H and O–H groups in total. The molecule has 1 aromatic carbocycles. The van der Waals surface area contributed by atoms with Gasteiger partial charge in [0.05, 0.1) is 17.4 Å². The van der Waals surface area contributed by atoms with Crippen LogP contribution in [0.1, 0.15) is 5.56 Å². The Morgan fingerprint density at radius 2 is 2.17 bits per heavy atom. The lowest BCUT2D eigenvalue weighted by Gasteiger charge is -2.15. The molecule has 0 saturated heterocycles. The molecular formula is C14H13ClF3N3O3. The molecule has 0 bridgehead atoms. The lowest BCUT2D eigenvalue weighted by atomic mass is 10.2. The number of anilines is 1. The van der Waals surface area contributed by atoms with Crippen LogP contribution >= 0.6 is 11.6 Å². The van der Waals surface area contributed by atoms with Gasteiger partial charge in [0, 0.05) is 6.54 Å². The van der Waals surface area contributed by atoms with Crippen molar-refractivity contribution in [3.05, 3.63) is 51.4 Å². The molecule has 0 aliphatic carbocycles. The molecule has 2 aromatic rings. The van der Waals surface area contributed by atoms with E-state index in [1.165, 1.54) is 18.3 Å². The Balaban J connectivity index is 1.88. The fraction of sp³-hybridized carbons (Fsp3) is 0.286. The van der Waals surface area contributed by atoms with Gasteiger partial charge in [0.25, 0.3) is 5.56 Å². The Hall–Kier alpha value is -2.26. The Bertz CT molecular complexity index is 752. The van der Waals surface area contributed by atoms with Crippen LogP contribution in [0.5, 0.6) is 5.75 Å². The fourth-order valence-electron chi connectivity index (χ4n) is 1.75. The predicted octanol–water partition coefficient (Wildman–Crippen LogP) is 2.29. The summed E-state index contributed by atoms with van der Waals surface area (Å²) in [6, 6.07) is 4.34. The zero-order chi connectivity index (χ0) is 17.7. The zero-order valence-corrected chi connectivity index (χ0v) is 12.9. The van der Waals surface area contributed by atoms with Crippen LogP contribution in [-0.2, 0) is 6.18 Å². The maximum atomic E-state index is 12.6. The number of aliphatic hydroxyl groups is 1. The minimum Gasteiger partial charge on any atom is -0.491 e. The minimum absolute atomic E-state index is 0.0141. The van der Waals surface area contributed by atoms with E-state index in [4.69, 9.17) is 16.3 Å². The molecule has 2 rings (SSSR count). The van der Waals surface area contributed by atoms with Gasteiger partial charge in [-0.2, -0.15) is 18.3 Å². The average molecular weight is 364 g/mol. The highest BCUT2D eigenvalue weighted by atomic mass is 35.5. The van der Waals surface area contributed by atoms with E-state index >= 15 is 0 Å². The number of nitrogens with one attached hydrogen (secondary N) is 2. The number of ether oxygens (including phenoxy) is 1. The van der Waals surface area contributed by atoms with Gasteiger partial charge < -0.3 is 15.2 Å².